The van der Waals surface area contributed by atoms with E-state index in [1.807, 2.05) is 31.3 Å². The molecular weight excluding hydrogens is 214 g/mol. The molecule has 0 aromatic heterocycles. The Labute approximate surface area is 103 Å². The number of carbonyl (C=O) groups is 1. The number of nitrogens with two attached hydrogens (primary N) is 1. The number of anilines is 1. The Morgan fingerprint density at radius 1 is 1.47 bits per heavy atom. The van der Waals surface area contributed by atoms with Gasteiger partial charge in [0.1, 0.15) is 0 Å². The van der Waals surface area contributed by atoms with Crippen LogP contribution in [0.5, 0.6) is 0 Å². The number of likely N-dealkylation sites (N-methyl/N-ethyl adjacent to an activating group) is 1. The molecule has 0 aliphatic heterocycles. The van der Waals surface area contributed by atoms with Gasteiger partial charge in [0.05, 0.1) is 6.42 Å². The maximum Gasteiger partial charge on any atom is 0.224 e. The zero-order valence-electron chi connectivity index (χ0n) is 10.6. The molecule has 94 valence electrons. The van der Waals surface area contributed by atoms with Crippen molar-refractivity contribution in [1.29, 1.82) is 0 Å². The fourth-order valence-corrected chi connectivity index (χ4v) is 1.50. The Balaban J connectivity index is 2.30. The summed E-state index contributed by atoms with van der Waals surface area (Å²) < 4.78 is 0. The fourth-order valence-electron chi connectivity index (χ4n) is 1.50. The molecule has 0 atom stereocenters. The lowest BCUT2D eigenvalue weighted by Crippen LogP contribution is -2.33. The molecule has 1 aromatic carbocycles. The first-order chi connectivity index (χ1) is 8.11. The summed E-state index contributed by atoms with van der Waals surface area (Å²) >= 11 is 0. The van der Waals surface area contributed by atoms with Crippen LogP contribution in [0.25, 0.3) is 0 Å². The highest BCUT2D eigenvalue weighted by atomic mass is 16.1. The van der Waals surface area contributed by atoms with E-state index in [1.54, 1.807) is 0 Å². The number of nitrogen functional groups attached to an aromatic ring is 1. The van der Waals surface area contributed by atoms with E-state index < -0.39 is 0 Å². The molecule has 1 rings (SSSR count). The van der Waals surface area contributed by atoms with E-state index in [0.717, 1.165) is 18.7 Å². The van der Waals surface area contributed by atoms with Crippen LogP contribution < -0.4 is 11.1 Å². The van der Waals surface area contributed by atoms with E-state index in [2.05, 4.69) is 17.1 Å². The van der Waals surface area contributed by atoms with Crippen molar-refractivity contribution in [3.63, 3.8) is 0 Å². The summed E-state index contributed by atoms with van der Waals surface area (Å²) in [6.45, 7) is 4.64. The Morgan fingerprint density at radius 2 is 2.24 bits per heavy atom. The third-order valence-corrected chi connectivity index (χ3v) is 2.67. The zero-order chi connectivity index (χ0) is 12.7. The van der Waals surface area contributed by atoms with Gasteiger partial charge in [-0.2, -0.15) is 0 Å². The molecule has 0 saturated carbocycles. The van der Waals surface area contributed by atoms with Gasteiger partial charge in [-0.3, -0.25) is 4.79 Å². The van der Waals surface area contributed by atoms with E-state index in [9.17, 15) is 4.79 Å². The normalized spacial score (nSPS) is 10.5. The topological polar surface area (TPSA) is 58.4 Å². The van der Waals surface area contributed by atoms with Gasteiger partial charge in [0, 0.05) is 18.8 Å². The van der Waals surface area contributed by atoms with E-state index in [0.29, 0.717) is 18.7 Å². The highest BCUT2D eigenvalue weighted by Gasteiger charge is 2.03. The molecule has 0 aliphatic rings. The van der Waals surface area contributed by atoms with Crippen molar-refractivity contribution in [3.8, 4) is 0 Å². The standard InChI is InChI=1S/C13H21N3O/c1-3-16(2)8-7-15-13(17)10-11-5-4-6-12(14)9-11/h4-6,9H,3,7-8,10,14H2,1-2H3,(H,15,17). The Morgan fingerprint density at radius 3 is 2.88 bits per heavy atom. The minimum absolute atomic E-state index is 0.0418. The average molecular weight is 235 g/mol. The second kappa shape index (κ2) is 6.91. The second-order valence-electron chi connectivity index (χ2n) is 4.17. The lowest BCUT2D eigenvalue weighted by molar-refractivity contribution is -0.120. The van der Waals surface area contributed by atoms with E-state index >= 15 is 0 Å². The Hall–Kier alpha value is -1.55. The maximum absolute atomic E-state index is 11.6. The van der Waals surface area contributed by atoms with Gasteiger partial charge in [-0.25, -0.2) is 0 Å². The SMILES string of the molecule is CCN(C)CCNC(=O)Cc1cccc(N)c1. The fraction of sp³-hybridized carbons (Fsp3) is 0.462. The van der Waals surface area contributed by atoms with Crippen molar-refractivity contribution in [2.45, 2.75) is 13.3 Å². The van der Waals surface area contributed by atoms with Crippen LogP contribution in [0.4, 0.5) is 5.69 Å². The van der Waals surface area contributed by atoms with Gasteiger partial charge in [-0.15, -0.1) is 0 Å². The number of benzene rings is 1. The lowest BCUT2D eigenvalue weighted by Gasteiger charge is -2.13. The second-order valence-corrected chi connectivity index (χ2v) is 4.17. The number of hydrogen-bond donors (Lipinski definition) is 2. The average Bonchev–Trinajstić information content (AvgIpc) is 2.28. The molecule has 0 radical (unpaired) electrons. The molecule has 17 heavy (non-hydrogen) atoms. The van der Waals surface area contributed by atoms with Crippen molar-refractivity contribution < 1.29 is 4.79 Å². The van der Waals surface area contributed by atoms with Gasteiger partial charge in [0.15, 0.2) is 0 Å². The summed E-state index contributed by atoms with van der Waals surface area (Å²) in [5, 5.41) is 2.89. The van der Waals surface area contributed by atoms with Gasteiger partial charge in [-0.05, 0) is 31.3 Å². The van der Waals surface area contributed by atoms with Crippen molar-refractivity contribution in [1.82, 2.24) is 10.2 Å². The van der Waals surface area contributed by atoms with Crippen molar-refractivity contribution >= 4 is 11.6 Å². The van der Waals surface area contributed by atoms with Crippen LogP contribution >= 0.6 is 0 Å². The van der Waals surface area contributed by atoms with Crippen LogP contribution in [0.2, 0.25) is 0 Å². The number of nitrogens with zero attached hydrogens (tertiary/aromatic N) is 1. The summed E-state index contributed by atoms with van der Waals surface area (Å²) in [5.74, 6) is 0.0418. The highest BCUT2D eigenvalue weighted by Crippen LogP contribution is 2.06. The van der Waals surface area contributed by atoms with Crippen molar-refractivity contribution in [2.75, 3.05) is 32.4 Å². The third kappa shape index (κ3) is 5.36. The molecular formula is C13H21N3O. The Kier molecular flexibility index (Phi) is 5.49. The predicted octanol–water partition coefficient (Wildman–Crippen LogP) is 0.879. The van der Waals surface area contributed by atoms with E-state index in [4.69, 9.17) is 5.73 Å². The monoisotopic (exact) mass is 235 g/mol. The van der Waals surface area contributed by atoms with Crippen LogP contribution in [0.1, 0.15) is 12.5 Å². The predicted molar refractivity (Wildman–Crippen MR) is 70.7 cm³/mol. The summed E-state index contributed by atoms with van der Waals surface area (Å²) in [6.07, 6.45) is 0.390. The third-order valence-electron chi connectivity index (χ3n) is 2.67. The van der Waals surface area contributed by atoms with E-state index in [-0.39, 0.29) is 5.91 Å². The number of amides is 1. The summed E-state index contributed by atoms with van der Waals surface area (Å²) in [5.41, 5.74) is 7.30. The van der Waals surface area contributed by atoms with Crippen molar-refractivity contribution in [2.24, 2.45) is 0 Å². The lowest BCUT2D eigenvalue weighted by atomic mass is 10.1. The smallest absolute Gasteiger partial charge is 0.224 e. The maximum atomic E-state index is 11.6. The van der Waals surface area contributed by atoms with Crippen molar-refractivity contribution in [3.05, 3.63) is 29.8 Å². The molecule has 0 bridgehead atoms. The first-order valence-electron chi connectivity index (χ1n) is 5.91. The van der Waals surface area contributed by atoms with Crippen LogP contribution in [0.15, 0.2) is 24.3 Å². The zero-order valence-corrected chi connectivity index (χ0v) is 10.6. The number of carbonyl (C=O) groups excluding carboxylic acids is 1. The molecule has 0 unspecified atom stereocenters. The molecule has 0 aliphatic carbocycles. The quantitative estimate of drug-likeness (QED) is 0.720. The van der Waals surface area contributed by atoms with Gasteiger partial charge < -0.3 is 16.0 Å². The first kappa shape index (κ1) is 13.5. The molecule has 3 N–H and O–H groups in total. The molecule has 0 fully saturated rings. The molecule has 0 saturated heterocycles. The highest BCUT2D eigenvalue weighted by molar-refractivity contribution is 5.78. The number of nitrogens with one attached hydrogen (secondary N) is 1. The van der Waals surface area contributed by atoms with Gasteiger partial charge in [0.25, 0.3) is 0 Å². The number of rotatable bonds is 6. The molecule has 0 heterocycles. The molecule has 1 aromatic rings. The minimum Gasteiger partial charge on any atom is -0.399 e. The summed E-state index contributed by atoms with van der Waals surface area (Å²) in [4.78, 5) is 13.8. The molecule has 1 amide bonds. The number of hydrogen-bond acceptors (Lipinski definition) is 3. The summed E-state index contributed by atoms with van der Waals surface area (Å²) in [7, 11) is 2.03. The van der Waals surface area contributed by atoms with Gasteiger partial charge in [0.2, 0.25) is 5.91 Å². The first-order valence-corrected chi connectivity index (χ1v) is 5.91. The summed E-state index contributed by atoms with van der Waals surface area (Å²) in [6, 6.07) is 7.42. The van der Waals surface area contributed by atoms with Gasteiger partial charge in [-0.1, -0.05) is 19.1 Å². The molecule has 4 heteroatoms. The van der Waals surface area contributed by atoms with E-state index in [1.165, 1.54) is 0 Å². The minimum atomic E-state index is 0.0418. The molecule has 0 spiro atoms. The van der Waals surface area contributed by atoms with Crippen LogP contribution in [0.3, 0.4) is 0 Å². The largest absolute Gasteiger partial charge is 0.399 e. The van der Waals surface area contributed by atoms with Crippen LogP contribution in [0, 0.1) is 0 Å². The Bertz CT molecular complexity index is 365. The van der Waals surface area contributed by atoms with Crippen LogP contribution in [-0.4, -0.2) is 37.5 Å². The van der Waals surface area contributed by atoms with Gasteiger partial charge >= 0.3 is 0 Å². The van der Waals surface area contributed by atoms with Crippen LogP contribution in [-0.2, 0) is 11.2 Å². The molecule has 4 nitrogen and oxygen atoms in total.